The molecule has 3 aromatic carbocycles. The Balaban J connectivity index is 1.79. The van der Waals surface area contributed by atoms with Crippen molar-refractivity contribution in [3.63, 3.8) is 0 Å². The van der Waals surface area contributed by atoms with Crippen molar-refractivity contribution in [3.05, 3.63) is 101 Å². The maximum absolute atomic E-state index is 12.8. The lowest BCUT2D eigenvalue weighted by Crippen LogP contribution is -2.46. The molecule has 0 saturated carbocycles. The van der Waals surface area contributed by atoms with Gasteiger partial charge in [-0.3, -0.25) is 4.79 Å². The Morgan fingerprint density at radius 3 is 2.32 bits per heavy atom. The second-order valence-electron chi connectivity index (χ2n) is 6.93. The van der Waals surface area contributed by atoms with Gasteiger partial charge in [0.15, 0.2) is 0 Å². The van der Waals surface area contributed by atoms with E-state index in [1.807, 2.05) is 37.3 Å². The van der Waals surface area contributed by atoms with Crippen LogP contribution in [0.25, 0.3) is 0 Å². The number of sulfonamides is 1. The van der Waals surface area contributed by atoms with Gasteiger partial charge in [-0.25, -0.2) is 13.8 Å². The van der Waals surface area contributed by atoms with Crippen molar-refractivity contribution in [2.45, 2.75) is 24.3 Å². The second-order valence-corrected chi connectivity index (χ2v) is 9.05. The summed E-state index contributed by atoms with van der Waals surface area (Å²) in [6.45, 7) is 1.87. The van der Waals surface area contributed by atoms with Crippen molar-refractivity contribution in [1.29, 1.82) is 0 Å². The summed E-state index contributed by atoms with van der Waals surface area (Å²) in [5.74, 6) is -0.581. The molecule has 0 aromatic heterocycles. The molecule has 0 heterocycles. The topological polar surface area (TPSA) is 87.6 Å². The van der Waals surface area contributed by atoms with E-state index >= 15 is 0 Å². The normalized spacial score (nSPS) is 12.6. The molecule has 160 valence electrons. The Labute approximate surface area is 187 Å². The molecule has 3 aromatic rings. The molecule has 1 atom stereocenters. The third-order valence-electron chi connectivity index (χ3n) is 4.51. The first-order chi connectivity index (χ1) is 14.8. The Bertz CT molecular complexity index is 1160. The van der Waals surface area contributed by atoms with Crippen LogP contribution in [0.3, 0.4) is 0 Å². The molecule has 0 fully saturated rings. The number of benzene rings is 3. The summed E-state index contributed by atoms with van der Waals surface area (Å²) in [6.07, 6.45) is 1.58. The zero-order valence-electron chi connectivity index (χ0n) is 16.8. The number of aryl methyl sites for hydroxylation is 1. The van der Waals surface area contributed by atoms with Gasteiger partial charge in [0.05, 0.1) is 11.1 Å². The van der Waals surface area contributed by atoms with E-state index in [2.05, 4.69) is 15.2 Å². The molecular weight excluding hydrogens is 434 g/mol. The summed E-state index contributed by atoms with van der Waals surface area (Å²) in [4.78, 5) is 12.9. The molecule has 1 amide bonds. The monoisotopic (exact) mass is 455 g/mol. The Hall–Kier alpha value is -3.00. The molecule has 0 aliphatic carbocycles. The van der Waals surface area contributed by atoms with E-state index in [1.54, 1.807) is 36.4 Å². The van der Waals surface area contributed by atoms with Gasteiger partial charge >= 0.3 is 0 Å². The van der Waals surface area contributed by atoms with Crippen molar-refractivity contribution < 1.29 is 13.2 Å². The van der Waals surface area contributed by atoms with Crippen molar-refractivity contribution in [2.24, 2.45) is 5.10 Å². The van der Waals surface area contributed by atoms with Gasteiger partial charge in [0.25, 0.3) is 5.91 Å². The fourth-order valence-electron chi connectivity index (χ4n) is 2.83. The number of hydrazone groups is 1. The number of hydrogen-bond acceptors (Lipinski definition) is 4. The highest BCUT2D eigenvalue weighted by Crippen LogP contribution is 2.13. The Kier molecular flexibility index (Phi) is 7.57. The van der Waals surface area contributed by atoms with Gasteiger partial charge in [-0.1, -0.05) is 77.8 Å². The average molecular weight is 456 g/mol. The van der Waals surface area contributed by atoms with Crippen LogP contribution >= 0.6 is 11.6 Å². The summed E-state index contributed by atoms with van der Waals surface area (Å²) in [7, 11) is -3.91. The van der Waals surface area contributed by atoms with Crippen LogP contribution in [0.4, 0.5) is 0 Å². The predicted molar refractivity (Wildman–Crippen MR) is 123 cm³/mol. The molecule has 31 heavy (non-hydrogen) atoms. The predicted octanol–water partition coefficient (Wildman–Crippen LogP) is 3.69. The third-order valence-corrected chi connectivity index (χ3v) is 6.34. The van der Waals surface area contributed by atoms with E-state index < -0.39 is 22.0 Å². The quantitative estimate of drug-likeness (QED) is 0.401. The van der Waals surface area contributed by atoms with Gasteiger partial charge in [-0.05, 0) is 37.1 Å². The summed E-state index contributed by atoms with van der Waals surface area (Å²) in [5, 5.41) is 4.42. The maximum atomic E-state index is 12.8. The lowest BCUT2D eigenvalue weighted by atomic mass is 10.1. The highest BCUT2D eigenvalue weighted by Gasteiger charge is 2.26. The van der Waals surface area contributed by atoms with E-state index in [-0.39, 0.29) is 11.3 Å². The first kappa shape index (κ1) is 22.7. The molecule has 0 unspecified atom stereocenters. The van der Waals surface area contributed by atoms with Gasteiger partial charge in [0.1, 0.15) is 6.04 Å². The van der Waals surface area contributed by atoms with E-state index in [9.17, 15) is 13.2 Å². The Morgan fingerprint density at radius 1 is 1.00 bits per heavy atom. The summed E-state index contributed by atoms with van der Waals surface area (Å²) < 4.78 is 28.2. The van der Waals surface area contributed by atoms with Gasteiger partial charge < -0.3 is 0 Å². The molecular formula is C23H22ClN3O3S. The van der Waals surface area contributed by atoms with Crippen molar-refractivity contribution >= 4 is 33.7 Å². The summed E-state index contributed by atoms with van der Waals surface area (Å²) in [6, 6.07) is 21.6. The highest BCUT2D eigenvalue weighted by molar-refractivity contribution is 7.89. The lowest BCUT2D eigenvalue weighted by Gasteiger charge is -2.17. The first-order valence-corrected chi connectivity index (χ1v) is 11.4. The molecule has 0 aliphatic rings. The number of halogens is 1. The highest BCUT2D eigenvalue weighted by atomic mass is 35.5. The van der Waals surface area contributed by atoms with Crippen LogP contribution in [0.1, 0.15) is 16.7 Å². The minimum atomic E-state index is -3.91. The van der Waals surface area contributed by atoms with Crippen LogP contribution in [0.2, 0.25) is 5.02 Å². The molecule has 3 rings (SSSR count). The van der Waals surface area contributed by atoms with Crippen LogP contribution in [0.15, 0.2) is 88.9 Å². The largest absolute Gasteiger partial charge is 0.271 e. The minimum Gasteiger partial charge on any atom is -0.271 e. The number of amides is 1. The smallest absolute Gasteiger partial charge is 0.258 e. The zero-order chi connectivity index (χ0) is 22.3. The molecule has 8 heteroatoms. The van der Waals surface area contributed by atoms with E-state index in [0.29, 0.717) is 10.6 Å². The van der Waals surface area contributed by atoms with Gasteiger partial charge in [0, 0.05) is 10.6 Å². The van der Waals surface area contributed by atoms with E-state index in [0.717, 1.165) is 11.1 Å². The van der Waals surface area contributed by atoms with Crippen LogP contribution in [0.5, 0.6) is 0 Å². The number of nitrogens with zero attached hydrogens (tertiary/aromatic N) is 1. The maximum Gasteiger partial charge on any atom is 0.258 e. The standard InChI is InChI=1S/C23H22ClN3O3S/c1-17-11-13-20(14-12-17)31(29,30)27-22(15-18-7-3-2-4-8-18)23(28)26-25-16-19-9-5-6-10-21(19)24/h2-14,16,22,27H,15H2,1H3,(H,26,28)/b25-16-/t22-/m0/s1. The van der Waals surface area contributed by atoms with Crippen LogP contribution in [-0.4, -0.2) is 26.6 Å². The first-order valence-electron chi connectivity index (χ1n) is 9.55. The molecule has 2 N–H and O–H groups in total. The molecule has 0 aliphatic heterocycles. The van der Waals surface area contributed by atoms with Gasteiger partial charge in [-0.15, -0.1) is 0 Å². The molecule has 0 radical (unpaired) electrons. The fourth-order valence-corrected chi connectivity index (χ4v) is 4.21. The second kappa shape index (κ2) is 10.3. The fraction of sp³-hybridized carbons (Fsp3) is 0.130. The van der Waals surface area contributed by atoms with Gasteiger partial charge in [-0.2, -0.15) is 9.82 Å². The van der Waals surface area contributed by atoms with Crippen molar-refractivity contribution in [2.75, 3.05) is 0 Å². The van der Waals surface area contributed by atoms with Crippen LogP contribution < -0.4 is 10.1 Å². The SMILES string of the molecule is Cc1ccc(S(=O)(=O)N[C@@H](Cc2ccccc2)C(=O)N/N=C\c2ccccc2Cl)cc1. The number of rotatable bonds is 8. The van der Waals surface area contributed by atoms with Gasteiger partial charge in [0.2, 0.25) is 10.0 Å². The molecule has 0 saturated heterocycles. The molecule has 0 spiro atoms. The number of hydrogen-bond donors (Lipinski definition) is 2. The van der Waals surface area contributed by atoms with Crippen molar-refractivity contribution in [3.8, 4) is 0 Å². The van der Waals surface area contributed by atoms with Crippen LogP contribution in [0, 0.1) is 6.92 Å². The third kappa shape index (κ3) is 6.49. The summed E-state index contributed by atoms with van der Waals surface area (Å²) in [5.41, 5.74) is 4.78. The number of carbonyl (C=O) groups excluding carboxylic acids is 1. The number of carbonyl (C=O) groups is 1. The molecule has 6 nitrogen and oxygen atoms in total. The van der Waals surface area contributed by atoms with Crippen LogP contribution in [-0.2, 0) is 21.2 Å². The molecule has 0 bridgehead atoms. The average Bonchev–Trinajstić information content (AvgIpc) is 2.75. The van der Waals surface area contributed by atoms with E-state index in [1.165, 1.54) is 18.3 Å². The number of nitrogens with one attached hydrogen (secondary N) is 2. The zero-order valence-corrected chi connectivity index (χ0v) is 18.4. The van der Waals surface area contributed by atoms with Crippen molar-refractivity contribution in [1.82, 2.24) is 10.1 Å². The van der Waals surface area contributed by atoms with E-state index in [4.69, 9.17) is 11.6 Å². The summed E-state index contributed by atoms with van der Waals surface area (Å²) >= 11 is 6.08. The lowest BCUT2D eigenvalue weighted by molar-refractivity contribution is -0.122. The minimum absolute atomic E-state index is 0.0866. The Morgan fingerprint density at radius 2 is 1.65 bits per heavy atom.